The van der Waals surface area contributed by atoms with Crippen molar-refractivity contribution < 1.29 is 10.2 Å². The van der Waals surface area contributed by atoms with Crippen LogP contribution < -0.4 is 10.9 Å². The summed E-state index contributed by atoms with van der Waals surface area (Å²) in [6.07, 6.45) is 4.20. The lowest BCUT2D eigenvalue weighted by Gasteiger charge is -2.15. The molecule has 0 radical (unpaired) electrons. The average Bonchev–Trinajstić information content (AvgIpc) is 2.82. The van der Waals surface area contributed by atoms with E-state index < -0.39 is 12.7 Å². The second-order valence-electron chi connectivity index (χ2n) is 7.60. The number of nitrogens with zero attached hydrogens (tertiary/aromatic N) is 5. The fourth-order valence-electron chi connectivity index (χ4n) is 3.54. The first-order valence-electron chi connectivity index (χ1n) is 10.4. The summed E-state index contributed by atoms with van der Waals surface area (Å²) in [5.74, 6) is 0.368. The van der Waals surface area contributed by atoms with Crippen LogP contribution in [0.15, 0.2) is 47.7 Å². The van der Waals surface area contributed by atoms with Crippen LogP contribution in [0, 0.1) is 6.92 Å². The molecule has 0 fully saturated rings. The number of aliphatic hydroxyl groups is 2. The van der Waals surface area contributed by atoms with Crippen molar-refractivity contribution >= 4 is 28.6 Å². The molecule has 0 amide bonds. The highest BCUT2D eigenvalue weighted by Crippen LogP contribution is 2.31. The molecule has 10 heteroatoms. The SMILES string of the molecule is CNc1ncc2cc(-c3ccc(-c4cncc(C)n4)cc3Cl)c(=O)n(CC[C@@H](O)CO)c2n1. The molecule has 1 atom stereocenters. The quantitative estimate of drug-likeness (QED) is 0.379. The van der Waals surface area contributed by atoms with Crippen molar-refractivity contribution in [3.63, 3.8) is 0 Å². The van der Waals surface area contributed by atoms with Crippen LogP contribution in [-0.2, 0) is 6.54 Å². The topological polar surface area (TPSA) is 126 Å². The predicted octanol–water partition coefficient (Wildman–Crippen LogP) is 2.66. The first kappa shape index (κ1) is 22.8. The highest BCUT2D eigenvalue weighted by molar-refractivity contribution is 6.33. The third-order valence-corrected chi connectivity index (χ3v) is 5.57. The maximum atomic E-state index is 13.5. The zero-order valence-electron chi connectivity index (χ0n) is 18.2. The smallest absolute Gasteiger partial charge is 0.260 e. The van der Waals surface area contributed by atoms with Gasteiger partial charge in [-0.2, -0.15) is 4.98 Å². The molecule has 0 saturated heterocycles. The van der Waals surface area contributed by atoms with Gasteiger partial charge in [-0.15, -0.1) is 0 Å². The molecule has 0 saturated carbocycles. The second kappa shape index (κ2) is 9.62. The maximum Gasteiger partial charge on any atom is 0.260 e. The summed E-state index contributed by atoms with van der Waals surface area (Å²) >= 11 is 6.62. The molecule has 0 bridgehead atoms. The Hall–Kier alpha value is -3.40. The molecule has 0 aliphatic carbocycles. The van der Waals surface area contributed by atoms with Crippen molar-refractivity contribution in [3.05, 3.63) is 63.9 Å². The fourth-order valence-corrected chi connectivity index (χ4v) is 3.83. The Labute approximate surface area is 194 Å². The Balaban J connectivity index is 1.85. The molecule has 3 N–H and O–H groups in total. The van der Waals surface area contributed by atoms with Gasteiger partial charge < -0.3 is 15.5 Å². The minimum absolute atomic E-state index is 0.166. The van der Waals surface area contributed by atoms with Crippen LogP contribution in [-0.4, -0.2) is 54.5 Å². The van der Waals surface area contributed by atoms with Crippen molar-refractivity contribution in [1.82, 2.24) is 24.5 Å². The Morgan fingerprint density at radius 1 is 1.15 bits per heavy atom. The van der Waals surface area contributed by atoms with Crippen LogP contribution in [0.1, 0.15) is 12.1 Å². The summed E-state index contributed by atoms with van der Waals surface area (Å²) in [5, 5.41) is 22.9. The predicted molar refractivity (Wildman–Crippen MR) is 127 cm³/mol. The average molecular weight is 467 g/mol. The minimum Gasteiger partial charge on any atom is -0.394 e. The van der Waals surface area contributed by atoms with Crippen molar-refractivity contribution in [2.45, 2.75) is 26.0 Å². The number of anilines is 1. The van der Waals surface area contributed by atoms with E-state index in [0.29, 0.717) is 38.8 Å². The number of aromatic nitrogens is 5. The summed E-state index contributed by atoms with van der Waals surface area (Å²) < 4.78 is 1.47. The van der Waals surface area contributed by atoms with Gasteiger partial charge in [-0.25, -0.2) is 9.97 Å². The molecular weight excluding hydrogens is 444 g/mol. The minimum atomic E-state index is -0.945. The number of pyridine rings is 1. The van der Waals surface area contributed by atoms with Gasteiger partial charge in [0.1, 0.15) is 5.65 Å². The number of hydrogen-bond acceptors (Lipinski definition) is 8. The number of rotatable bonds is 7. The second-order valence-corrected chi connectivity index (χ2v) is 8.01. The van der Waals surface area contributed by atoms with Gasteiger partial charge in [0, 0.05) is 53.1 Å². The monoisotopic (exact) mass is 466 g/mol. The van der Waals surface area contributed by atoms with Gasteiger partial charge in [0.15, 0.2) is 0 Å². The standard InChI is InChI=1S/C23H23ClN6O3/c1-13-9-26-11-20(28-13)14-3-4-17(19(24)8-14)18-7-15-10-27-23(25-2)29-21(15)30(22(18)33)6-5-16(32)12-31/h3-4,7-11,16,31-32H,5-6,12H2,1-2H3,(H,25,27,29)/t16-/m1/s1. The summed E-state index contributed by atoms with van der Waals surface area (Å²) in [5.41, 5.74) is 3.32. The third-order valence-electron chi connectivity index (χ3n) is 5.26. The molecule has 1 aromatic carbocycles. The van der Waals surface area contributed by atoms with E-state index in [1.165, 1.54) is 4.57 Å². The number of nitrogens with one attached hydrogen (secondary N) is 1. The number of fused-ring (bicyclic) bond motifs is 1. The first-order chi connectivity index (χ1) is 15.9. The number of aryl methyl sites for hydroxylation is 2. The molecule has 0 aliphatic rings. The molecule has 4 rings (SSSR count). The summed E-state index contributed by atoms with van der Waals surface area (Å²) in [6, 6.07) is 7.09. The van der Waals surface area contributed by atoms with Crippen LogP contribution in [0.3, 0.4) is 0 Å². The molecule has 3 aromatic heterocycles. The Bertz CT molecular complexity index is 1370. The van der Waals surface area contributed by atoms with E-state index in [1.807, 2.05) is 13.0 Å². The van der Waals surface area contributed by atoms with E-state index in [4.69, 9.17) is 11.6 Å². The number of halogens is 1. The molecule has 3 heterocycles. The zero-order chi connectivity index (χ0) is 23.5. The van der Waals surface area contributed by atoms with Gasteiger partial charge in [-0.05, 0) is 25.5 Å². The number of hydrogen-bond donors (Lipinski definition) is 3. The van der Waals surface area contributed by atoms with Crippen molar-refractivity contribution in [1.29, 1.82) is 0 Å². The molecule has 0 aliphatic heterocycles. The van der Waals surface area contributed by atoms with E-state index in [-0.39, 0.29) is 18.5 Å². The van der Waals surface area contributed by atoms with Crippen LogP contribution in [0.2, 0.25) is 5.02 Å². The summed E-state index contributed by atoms with van der Waals surface area (Å²) in [4.78, 5) is 30.8. The van der Waals surface area contributed by atoms with E-state index >= 15 is 0 Å². The van der Waals surface area contributed by atoms with Gasteiger partial charge in [-0.3, -0.25) is 14.3 Å². The largest absolute Gasteiger partial charge is 0.394 e. The number of benzene rings is 1. The van der Waals surface area contributed by atoms with Gasteiger partial charge in [0.25, 0.3) is 5.56 Å². The molecular formula is C23H23ClN6O3. The van der Waals surface area contributed by atoms with Crippen LogP contribution >= 0.6 is 11.6 Å². The maximum absolute atomic E-state index is 13.5. The van der Waals surface area contributed by atoms with Crippen molar-refractivity contribution in [2.75, 3.05) is 19.0 Å². The third kappa shape index (κ3) is 4.70. The van der Waals surface area contributed by atoms with Crippen LogP contribution in [0.4, 0.5) is 5.95 Å². The zero-order valence-corrected chi connectivity index (χ0v) is 18.9. The Kier molecular flexibility index (Phi) is 6.64. The van der Waals surface area contributed by atoms with Crippen molar-refractivity contribution in [2.24, 2.45) is 0 Å². The fraction of sp³-hybridized carbons (Fsp3) is 0.261. The van der Waals surface area contributed by atoms with E-state index in [9.17, 15) is 15.0 Å². The molecule has 33 heavy (non-hydrogen) atoms. The first-order valence-corrected chi connectivity index (χ1v) is 10.7. The van der Waals surface area contributed by atoms with Crippen LogP contribution in [0.25, 0.3) is 33.4 Å². The van der Waals surface area contributed by atoms with E-state index in [2.05, 4.69) is 25.3 Å². The molecule has 170 valence electrons. The molecule has 4 aromatic rings. The number of aliphatic hydroxyl groups excluding tert-OH is 2. The van der Waals surface area contributed by atoms with Gasteiger partial charge in [0.05, 0.1) is 30.3 Å². The molecule has 9 nitrogen and oxygen atoms in total. The Morgan fingerprint density at radius 3 is 2.67 bits per heavy atom. The lowest BCUT2D eigenvalue weighted by Crippen LogP contribution is -2.26. The van der Waals surface area contributed by atoms with Gasteiger partial charge in [0.2, 0.25) is 5.95 Å². The molecule has 0 spiro atoms. The lowest BCUT2D eigenvalue weighted by atomic mass is 10.0. The highest BCUT2D eigenvalue weighted by atomic mass is 35.5. The summed E-state index contributed by atoms with van der Waals surface area (Å²) in [6.45, 7) is 1.64. The van der Waals surface area contributed by atoms with Crippen molar-refractivity contribution in [3.8, 4) is 22.4 Å². The van der Waals surface area contributed by atoms with E-state index in [0.717, 1.165) is 11.3 Å². The Morgan fingerprint density at radius 2 is 1.97 bits per heavy atom. The normalized spacial score (nSPS) is 12.2. The van der Waals surface area contributed by atoms with E-state index in [1.54, 1.807) is 43.8 Å². The van der Waals surface area contributed by atoms with Crippen LogP contribution in [0.5, 0.6) is 0 Å². The van der Waals surface area contributed by atoms with Gasteiger partial charge in [-0.1, -0.05) is 23.7 Å². The highest BCUT2D eigenvalue weighted by Gasteiger charge is 2.17. The van der Waals surface area contributed by atoms with Gasteiger partial charge >= 0.3 is 0 Å². The summed E-state index contributed by atoms with van der Waals surface area (Å²) in [7, 11) is 1.69. The molecule has 0 unspecified atom stereocenters. The lowest BCUT2D eigenvalue weighted by molar-refractivity contribution is 0.0847.